The van der Waals surface area contributed by atoms with Gasteiger partial charge in [-0.25, -0.2) is 14.8 Å². The molecule has 1 aromatic heterocycles. The van der Waals surface area contributed by atoms with Crippen molar-refractivity contribution in [3.63, 3.8) is 0 Å². The van der Waals surface area contributed by atoms with Gasteiger partial charge in [-0.3, -0.25) is 4.90 Å². The van der Waals surface area contributed by atoms with E-state index < -0.39 is 6.09 Å². The highest BCUT2D eigenvalue weighted by Crippen LogP contribution is 2.37. The lowest BCUT2D eigenvalue weighted by Gasteiger charge is -2.34. The van der Waals surface area contributed by atoms with Gasteiger partial charge >= 0.3 is 6.09 Å². The van der Waals surface area contributed by atoms with Crippen LogP contribution in [0.2, 0.25) is 0 Å². The van der Waals surface area contributed by atoms with Crippen LogP contribution in [-0.4, -0.2) is 47.1 Å². The molecule has 0 unspecified atom stereocenters. The van der Waals surface area contributed by atoms with E-state index in [1.807, 2.05) is 49.4 Å². The minimum Gasteiger partial charge on any atom is -0.507 e. The summed E-state index contributed by atoms with van der Waals surface area (Å²) in [7, 11) is 0. The first-order valence-electron chi connectivity index (χ1n) is 12.7. The van der Waals surface area contributed by atoms with Crippen molar-refractivity contribution < 1.29 is 24.1 Å². The Hall–Kier alpha value is -4.37. The number of hydrogen-bond donors (Lipinski definition) is 2. The normalized spacial score (nSPS) is 15.0. The molecule has 0 atom stereocenters. The van der Waals surface area contributed by atoms with Gasteiger partial charge in [-0.15, -0.1) is 0 Å². The van der Waals surface area contributed by atoms with E-state index in [4.69, 9.17) is 24.2 Å². The maximum atomic E-state index is 13.8. The number of phenols is 1. The number of amides is 1. The topological polar surface area (TPSA) is 106 Å². The molecule has 1 amide bonds. The van der Waals surface area contributed by atoms with E-state index in [-0.39, 0.29) is 25.2 Å². The van der Waals surface area contributed by atoms with Crippen molar-refractivity contribution >= 4 is 22.8 Å². The highest BCUT2D eigenvalue weighted by Gasteiger charge is 2.32. The second-order valence-electron chi connectivity index (χ2n) is 9.47. The number of benzene rings is 3. The molecule has 1 fully saturated rings. The number of carbonyl (C=O) groups excluding carboxylic acids is 1. The summed E-state index contributed by atoms with van der Waals surface area (Å²) in [6.45, 7) is 3.72. The first kappa shape index (κ1) is 24.0. The van der Waals surface area contributed by atoms with Crippen molar-refractivity contribution in [2.45, 2.75) is 32.4 Å². The fourth-order valence-electron chi connectivity index (χ4n) is 4.98. The molecule has 38 heavy (non-hydrogen) atoms. The lowest BCUT2D eigenvalue weighted by Crippen LogP contribution is -2.47. The molecule has 1 saturated heterocycles. The Morgan fingerprint density at radius 1 is 1.08 bits per heavy atom. The molecule has 0 saturated carbocycles. The van der Waals surface area contributed by atoms with Crippen LogP contribution in [0.15, 0.2) is 60.7 Å². The molecule has 0 aliphatic carbocycles. The molecule has 4 aromatic rings. The van der Waals surface area contributed by atoms with Gasteiger partial charge in [0.2, 0.25) is 6.79 Å². The number of fused-ring (bicyclic) bond motifs is 2. The van der Waals surface area contributed by atoms with Gasteiger partial charge in [0, 0.05) is 17.0 Å². The summed E-state index contributed by atoms with van der Waals surface area (Å²) in [5.41, 5.74) is 2.94. The average molecular weight is 513 g/mol. The largest absolute Gasteiger partial charge is 0.507 e. The van der Waals surface area contributed by atoms with Gasteiger partial charge in [0.1, 0.15) is 18.2 Å². The number of aryl methyl sites for hydroxylation is 1. The number of aromatic nitrogens is 2. The number of rotatable bonds is 5. The number of phenolic OH excluding ortho intramolecular Hbond substituents is 1. The van der Waals surface area contributed by atoms with E-state index in [0.717, 1.165) is 42.4 Å². The van der Waals surface area contributed by atoms with E-state index in [1.165, 1.54) is 0 Å². The number of ether oxygens (including phenoxy) is 3. The molecule has 0 bridgehead atoms. The van der Waals surface area contributed by atoms with Crippen LogP contribution in [0.1, 0.15) is 24.0 Å². The third-order valence-corrected chi connectivity index (χ3v) is 6.91. The van der Waals surface area contributed by atoms with E-state index in [2.05, 4.69) is 5.32 Å². The van der Waals surface area contributed by atoms with Gasteiger partial charge < -0.3 is 24.6 Å². The summed E-state index contributed by atoms with van der Waals surface area (Å²) >= 11 is 0. The summed E-state index contributed by atoms with van der Waals surface area (Å²) in [5.74, 6) is 2.11. The first-order chi connectivity index (χ1) is 18.6. The highest BCUT2D eigenvalue weighted by molar-refractivity contribution is 6.00. The first-order valence-corrected chi connectivity index (χ1v) is 12.7. The predicted octanol–water partition coefficient (Wildman–Crippen LogP) is 4.93. The molecule has 0 radical (unpaired) electrons. The molecule has 2 aliphatic rings. The molecule has 2 N–H and O–H groups in total. The molecule has 0 spiro atoms. The van der Waals surface area contributed by atoms with E-state index >= 15 is 0 Å². The zero-order chi connectivity index (χ0) is 26.1. The van der Waals surface area contributed by atoms with Crippen LogP contribution >= 0.6 is 0 Å². The number of nitrogens with zero attached hydrogens (tertiary/aromatic N) is 3. The average Bonchev–Trinajstić information content (AvgIpc) is 3.42. The van der Waals surface area contributed by atoms with Crippen molar-refractivity contribution in [2.75, 3.05) is 24.8 Å². The maximum absolute atomic E-state index is 13.8. The van der Waals surface area contributed by atoms with E-state index in [0.29, 0.717) is 34.2 Å². The van der Waals surface area contributed by atoms with Crippen molar-refractivity contribution in [1.82, 2.24) is 15.3 Å². The Bertz CT molecular complexity index is 1500. The third-order valence-electron chi connectivity index (χ3n) is 6.91. The lowest BCUT2D eigenvalue weighted by molar-refractivity contribution is 0.140. The summed E-state index contributed by atoms with van der Waals surface area (Å²) in [4.78, 5) is 25.1. The Kier molecular flexibility index (Phi) is 6.43. The van der Waals surface area contributed by atoms with Crippen molar-refractivity contribution in [1.29, 1.82) is 0 Å². The molecule has 3 aromatic carbocycles. The van der Waals surface area contributed by atoms with Crippen LogP contribution in [0.25, 0.3) is 22.3 Å². The Morgan fingerprint density at radius 2 is 1.92 bits per heavy atom. The monoisotopic (exact) mass is 512 g/mol. The van der Waals surface area contributed by atoms with Gasteiger partial charge in [-0.1, -0.05) is 30.3 Å². The summed E-state index contributed by atoms with van der Waals surface area (Å²) < 4.78 is 16.9. The molecule has 9 heteroatoms. The number of hydrogen-bond acceptors (Lipinski definition) is 8. The highest BCUT2D eigenvalue weighted by atomic mass is 16.7. The smallest absolute Gasteiger partial charge is 0.416 e. The molecule has 194 valence electrons. The Labute approximate surface area is 220 Å². The van der Waals surface area contributed by atoms with Gasteiger partial charge in [-0.05, 0) is 68.8 Å². The second kappa shape index (κ2) is 10.2. The van der Waals surface area contributed by atoms with Gasteiger partial charge in [0.05, 0.1) is 11.1 Å². The fraction of sp³-hybridized carbons (Fsp3) is 0.276. The number of aromatic hydroxyl groups is 1. The lowest BCUT2D eigenvalue weighted by atomic mass is 10.0. The SMILES string of the molecule is Cc1ccc2c(N(C(=O)OCc3cccc4c3OCO4)C3CCNCC3)nc(-c3ccccc3O)nc2c1. The predicted molar refractivity (Wildman–Crippen MR) is 142 cm³/mol. The Balaban J connectivity index is 1.43. The van der Waals surface area contributed by atoms with E-state index in [9.17, 15) is 9.90 Å². The van der Waals surface area contributed by atoms with Crippen molar-refractivity contribution in [2.24, 2.45) is 0 Å². The van der Waals surface area contributed by atoms with Gasteiger partial charge in [0.25, 0.3) is 0 Å². The van der Waals surface area contributed by atoms with Gasteiger partial charge in [-0.2, -0.15) is 0 Å². The van der Waals surface area contributed by atoms with Gasteiger partial charge in [0.15, 0.2) is 17.3 Å². The maximum Gasteiger partial charge on any atom is 0.416 e. The molecular weight excluding hydrogens is 484 g/mol. The number of nitrogens with one attached hydrogen (secondary N) is 1. The molecule has 9 nitrogen and oxygen atoms in total. The number of anilines is 1. The van der Waals surface area contributed by atoms with Crippen molar-refractivity contribution in [3.05, 3.63) is 71.8 Å². The van der Waals surface area contributed by atoms with E-state index in [1.54, 1.807) is 23.1 Å². The zero-order valence-corrected chi connectivity index (χ0v) is 21.0. The number of carbonyl (C=O) groups is 1. The zero-order valence-electron chi connectivity index (χ0n) is 21.0. The molecule has 3 heterocycles. The minimum atomic E-state index is -0.503. The van der Waals surface area contributed by atoms with Crippen LogP contribution in [0.4, 0.5) is 10.6 Å². The summed E-state index contributed by atoms with van der Waals surface area (Å²) in [6, 6.07) is 18.2. The summed E-state index contributed by atoms with van der Waals surface area (Å²) in [5, 5.41) is 14.6. The third kappa shape index (κ3) is 4.56. The van der Waals surface area contributed by atoms with Crippen LogP contribution in [0.5, 0.6) is 17.2 Å². The number of para-hydroxylation sites is 2. The van der Waals surface area contributed by atoms with Crippen LogP contribution in [-0.2, 0) is 11.3 Å². The number of piperidine rings is 1. The molecule has 6 rings (SSSR count). The standard InChI is InChI=1S/C29H28N4O5/c1-18-9-10-21-23(15-18)31-27(22-6-2-3-7-24(22)34)32-28(21)33(20-11-13-30-14-12-20)29(35)36-16-19-5-4-8-25-26(19)38-17-37-25/h2-10,15,20,30,34H,11-14,16-17H2,1H3. The van der Waals surface area contributed by atoms with Crippen LogP contribution in [0.3, 0.4) is 0 Å². The molecule has 2 aliphatic heterocycles. The Morgan fingerprint density at radius 3 is 2.76 bits per heavy atom. The minimum absolute atomic E-state index is 0.0291. The summed E-state index contributed by atoms with van der Waals surface area (Å²) in [6.07, 6.45) is 0.990. The van der Waals surface area contributed by atoms with Crippen molar-refractivity contribution in [3.8, 4) is 28.6 Å². The fourth-order valence-corrected chi connectivity index (χ4v) is 4.98. The second-order valence-corrected chi connectivity index (χ2v) is 9.47. The quantitative estimate of drug-likeness (QED) is 0.388. The van der Waals surface area contributed by atoms with Crippen LogP contribution < -0.4 is 19.7 Å². The molecular formula is C29H28N4O5. The van der Waals surface area contributed by atoms with Crippen LogP contribution in [0, 0.1) is 6.92 Å².